The second-order valence-corrected chi connectivity index (χ2v) is 3.69. The Bertz CT molecular complexity index is 488. The SMILES string of the molecule is CCc1ccccc1Cn1cncc1C=O. The summed E-state index contributed by atoms with van der Waals surface area (Å²) < 4.78 is 1.86. The second-order valence-electron chi connectivity index (χ2n) is 3.69. The van der Waals surface area contributed by atoms with Gasteiger partial charge in [-0.2, -0.15) is 0 Å². The molecule has 0 N–H and O–H groups in total. The Morgan fingerprint density at radius 3 is 2.75 bits per heavy atom. The lowest BCUT2D eigenvalue weighted by Crippen LogP contribution is -2.04. The molecule has 82 valence electrons. The molecule has 0 fully saturated rings. The van der Waals surface area contributed by atoms with E-state index in [-0.39, 0.29) is 0 Å². The molecule has 1 aromatic carbocycles. The van der Waals surface area contributed by atoms with Crippen molar-refractivity contribution in [1.82, 2.24) is 9.55 Å². The lowest BCUT2D eigenvalue weighted by molar-refractivity contribution is 0.111. The molecule has 16 heavy (non-hydrogen) atoms. The monoisotopic (exact) mass is 214 g/mol. The minimum absolute atomic E-state index is 0.617. The second kappa shape index (κ2) is 4.75. The van der Waals surface area contributed by atoms with Crippen molar-refractivity contribution in [2.75, 3.05) is 0 Å². The van der Waals surface area contributed by atoms with Crippen LogP contribution in [0, 0.1) is 0 Å². The van der Waals surface area contributed by atoms with Crippen LogP contribution in [0.1, 0.15) is 28.5 Å². The van der Waals surface area contributed by atoms with E-state index in [0.717, 1.165) is 12.7 Å². The van der Waals surface area contributed by atoms with Gasteiger partial charge in [0.25, 0.3) is 0 Å². The summed E-state index contributed by atoms with van der Waals surface area (Å²) in [5.41, 5.74) is 3.17. The summed E-state index contributed by atoms with van der Waals surface area (Å²) in [6.07, 6.45) is 5.11. The van der Waals surface area contributed by atoms with Gasteiger partial charge < -0.3 is 4.57 Å². The fraction of sp³-hybridized carbons (Fsp3) is 0.231. The van der Waals surface area contributed by atoms with Crippen LogP contribution in [0.3, 0.4) is 0 Å². The first-order valence-corrected chi connectivity index (χ1v) is 5.37. The number of carbonyl (C=O) groups is 1. The number of aryl methyl sites for hydroxylation is 1. The van der Waals surface area contributed by atoms with Crippen molar-refractivity contribution in [3.8, 4) is 0 Å². The Labute approximate surface area is 94.7 Å². The number of aromatic nitrogens is 2. The van der Waals surface area contributed by atoms with Crippen molar-refractivity contribution in [2.45, 2.75) is 19.9 Å². The molecule has 1 heterocycles. The Kier molecular flexibility index (Phi) is 3.15. The average molecular weight is 214 g/mol. The van der Waals surface area contributed by atoms with Crippen LogP contribution in [0.25, 0.3) is 0 Å². The number of carbonyl (C=O) groups excluding carboxylic acids is 1. The normalized spacial score (nSPS) is 10.3. The number of rotatable bonds is 4. The Morgan fingerprint density at radius 2 is 2.06 bits per heavy atom. The highest BCUT2D eigenvalue weighted by molar-refractivity contribution is 5.71. The zero-order valence-electron chi connectivity index (χ0n) is 9.26. The summed E-state index contributed by atoms with van der Waals surface area (Å²) in [5.74, 6) is 0. The van der Waals surface area contributed by atoms with Gasteiger partial charge in [-0.1, -0.05) is 31.2 Å². The molecule has 0 aliphatic rings. The molecule has 0 bridgehead atoms. The number of hydrogen-bond acceptors (Lipinski definition) is 2. The molecule has 2 aromatic rings. The van der Waals surface area contributed by atoms with Crippen molar-refractivity contribution in [1.29, 1.82) is 0 Å². The van der Waals surface area contributed by atoms with E-state index in [2.05, 4.69) is 24.0 Å². The highest BCUT2D eigenvalue weighted by Crippen LogP contribution is 2.12. The molecule has 0 radical (unpaired) electrons. The summed E-state index contributed by atoms with van der Waals surface area (Å²) in [6, 6.07) is 8.27. The fourth-order valence-electron chi connectivity index (χ4n) is 1.80. The average Bonchev–Trinajstić information content (AvgIpc) is 2.77. The van der Waals surface area contributed by atoms with Crippen LogP contribution in [0.15, 0.2) is 36.8 Å². The zero-order chi connectivity index (χ0) is 11.4. The van der Waals surface area contributed by atoms with Crippen molar-refractivity contribution in [3.63, 3.8) is 0 Å². The minimum Gasteiger partial charge on any atom is -0.324 e. The van der Waals surface area contributed by atoms with Gasteiger partial charge in [-0.05, 0) is 17.5 Å². The van der Waals surface area contributed by atoms with Crippen LogP contribution in [0.2, 0.25) is 0 Å². The summed E-state index contributed by atoms with van der Waals surface area (Å²) in [7, 11) is 0. The van der Waals surface area contributed by atoms with E-state index in [0.29, 0.717) is 12.2 Å². The number of hydrogen-bond donors (Lipinski definition) is 0. The van der Waals surface area contributed by atoms with E-state index in [1.165, 1.54) is 11.1 Å². The Morgan fingerprint density at radius 1 is 1.31 bits per heavy atom. The first kappa shape index (κ1) is 10.6. The van der Waals surface area contributed by atoms with E-state index in [1.807, 2.05) is 16.7 Å². The summed E-state index contributed by atoms with van der Waals surface area (Å²) >= 11 is 0. The van der Waals surface area contributed by atoms with Crippen LogP contribution in [0.5, 0.6) is 0 Å². The van der Waals surface area contributed by atoms with Crippen LogP contribution in [-0.4, -0.2) is 15.8 Å². The number of benzene rings is 1. The van der Waals surface area contributed by atoms with Crippen LogP contribution < -0.4 is 0 Å². The molecule has 0 unspecified atom stereocenters. The molecule has 2 rings (SSSR count). The van der Waals surface area contributed by atoms with Gasteiger partial charge in [0.15, 0.2) is 6.29 Å². The van der Waals surface area contributed by atoms with Crippen molar-refractivity contribution < 1.29 is 4.79 Å². The topological polar surface area (TPSA) is 34.9 Å². The molecule has 3 nitrogen and oxygen atoms in total. The van der Waals surface area contributed by atoms with Crippen LogP contribution in [-0.2, 0) is 13.0 Å². The molecule has 0 saturated carbocycles. The Hall–Kier alpha value is -1.90. The smallest absolute Gasteiger partial charge is 0.168 e. The first-order chi connectivity index (χ1) is 7.85. The molecule has 1 aromatic heterocycles. The van der Waals surface area contributed by atoms with Gasteiger partial charge in [-0.15, -0.1) is 0 Å². The summed E-state index contributed by atoms with van der Waals surface area (Å²) in [4.78, 5) is 14.7. The van der Waals surface area contributed by atoms with Crippen molar-refractivity contribution in [2.24, 2.45) is 0 Å². The summed E-state index contributed by atoms with van der Waals surface area (Å²) in [6.45, 7) is 2.84. The van der Waals surface area contributed by atoms with Crippen molar-refractivity contribution in [3.05, 3.63) is 53.6 Å². The van der Waals surface area contributed by atoms with Crippen LogP contribution >= 0.6 is 0 Å². The third kappa shape index (κ3) is 2.03. The van der Waals surface area contributed by atoms with E-state index < -0.39 is 0 Å². The van der Waals surface area contributed by atoms with Gasteiger partial charge >= 0.3 is 0 Å². The molecule has 0 aliphatic carbocycles. The van der Waals surface area contributed by atoms with Gasteiger partial charge in [0.2, 0.25) is 0 Å². The number of imidazole rings is 1. The molecule has 0 spiro atoms. The number of aldehydes is 1. The van der Waals surface area contributed by atoms with Gasteiger partial charge in [0.05, 0.1) is 12.5 Å². The van der Waals surface area contributed by atoms with Crippen molar-refractivity contribution >= 4 is 6.29 Å². The van der Waals surface area contributed by atoms with Crippen LogP contribution in [0.4, 0.5) is 0 Å². The predicted molar refractivity (Wildman–Crippen MR) is 62.5 cm³/mol. The molecule has 0 saturated heterocycles. The highest BCUT2D eigenvalue weighted by atomic mass is 16.1. The molecule has 0 aliphatic heterocycles. The predicted octanol–water partition coefficient (Wildman–Crippen LogP) is 2.31. The zero-order valence-corrected chi connectivity index (χ0v) is 9.26. The maximum atomic E-state index is 10.8. The van der Waals surface area contributed by atoms with Gasteiger partial charge in [-0.25, -0.2) is 4.98 Å². The van der Waals surface area contributed by atoms with E-state index in [1.54, 1.807) is 12.5 Å². The molecule has 0 atom stereocenters. The van der Waals surface area contributed by atoms with E-state index in [9.17, 15) is 4.79 Å². The first-order valence-electron chi connectivity index (χ1n) is 5.37. The molecular weight excluding hydrogens is 200 g/mol. The summed E-state index contributed by atoms with van der Waals surface area (Å²) in [5, 5.41) is 0. The minimum atomic E-state index is 0.617. The van der Waals surface area contributed by atoms with Gasteiger partial charge in [-0.3, -0.25) is 4.79 Å². The lowest BCUT2D eigenvalue weighted by Gasteiger charge is -2.09. The van der Waals surface area contributed by atoms with E-state index in [4.69, 9.17) is 0 Å². The highest BCUT2D eigenvalue weighted by Gasteiger charge is 2.04. The molecule has 0 amide bonds. The van der Waals surface area contributed by atoms with Gasteiger partial charge in [0.1, 0.15) is 5.69 Å². The number of nitrogens with zero attached hydrogens (tertiary/aromatic N) is 2. The maximum Gasteiger partial charge on any atom is 0.168 e. The van der Waals surface area contributed by atoms with E-state index >= 15 is 0 Å². The van der Waals surface area contributed by atoms with Gasteiger partial charge in [0, 0.05) is 6.54 Å². The largest absolute Gasteiger partial charge is 0.324 e. The molecular formula is C13H14N2O. The fourth-order valence-corrected chi connectivity index (χ4v) is 1.80. The standard InChI is InChI=1S/C13H14N2O/c1-2-11-5-3-4-6-12(11)8-15-10-14-7-13(15)9-16/h3-7,9-10H,2,8H2,1H3. The lowest BCUT2D eigenvalue weighted by atomic mass is 10.1. The third-order valence-corrected chi connectivity index (χ3v) is 2.71. The third-order valence-electron chi connectivity index (χ3n) is 2.71. The Balaban J connectivity index is 2.30. The quantitative estimate of drug-likeness (QED) is 0.732. The molecule has 3 heteroatoms. The maximum absolute atomic E-state index is 10.8.